The number of rotatable bonds is 2. The molecule has 2 N–H and O–H groups in total. The summed E-state index contributed by atoms with van der Waals surface area (Å²) in [6.45, 7) is 0. The van der Waals surface area contributed by atoms with Crippen LogP contribution in [0.5, 0.6) is 5.88 Å². The first-order valence-corrected chi connectivity index (χ1v) is 6.96. The zero-order chi connectivity index (χ0) is 14.8. The number of hydrogen-bond acceptors (Lipinski definition) is 3. The van der Waals surface area contributed by atoms with Crippen LogP contribution in [0.25, 0.3) is 11.1 Å². The summed E-state index contributed by atoms with van der Waals surface area (Å²) in [5, 5.41) is 10.5. The van der Waals surface area contributed by atoms with Crippen LogP contribution in [-0.2, 0) is 0 Å². The predicted molar refractivity (Wildman–Crippen MR) is 80.5 cm³/mol. The van der Waals surface area contributed by atoms with Gasteiger partial charge in [-0.1, -0.05) is 42.5 Å². The van der Waals surface area contributed by atoms with Crippen LogP contribution in [0.3, 0.4) is 0 Å². The number of aromatic hydroxyl groups is 1. The number of allylic oxidation sites excluding steroid dienone is 2. The standard InChI is InChI=1S/C16H16N2O3/c19-14-13(11-7-3-1-4-8-11)15(20)18(16(21)17-14)12-9-5-2-6-10-12/h1-5,7-8,12,20H,6,9-10H2,(H,17,19,21). The average Bonchev–Trinajstić information content (AvgIpc) is 2.49. The van der Waals surface area contributed by atoms with Crippen molar-refractivity contribution in [3.63, 3.8) is 0 Å². The van der Waals surface area contributed by atoms with Crippen molar-refractivity contribution in [3.8, 4) is 17.0 Å². The first kappa shape index (κ1) is 13.4. The molecule has 1 aromatic heterocycles. The highest BCUT2D eigenvalue weighted by Gasteiger charge is 2.21. The summed E-state index contributed by atoms with van der Waals surface area (Å²) in [5.74, 6) is -0.254. The van der Waals surface area contributed by atoms with Crippen LogP contribution in [0, 0.1) is 0 Å². The van der Waals surface area contributed by atoms with Crippen LogP contribution in [-0.4, -0.2) is 14.7 Å². The predicted octanol–water partition coefficient (Wildman–Crippen LogP) is 2.19. The van der Waals surface area contributed by atoms with E-state index in [-0.39, 0.29) is 17.5 Å². The second kappa shape index (κ2) is 5.44. The van der Waals surface area contributed by atoms with Gasteiger partial charge in [-0.2, -0.15) is 0 Å². The molecule has 108 valence electrons. The van der Waals surface area contributed by atoms with Crippen molar-refractivity contribution in [2.45, 2.75) is 25.3 Å². The lowest BCUT2D eigenvalue weighted by Gasteiger charge is -2.22. The molecule has 2 aromatic rings. The summed E-state index contributed by atoms with van der Waals surface area (Å²) in [6.07, 6.45) is 6.35. The number of hydrogen-bond donors (Lipinski definition) is 2. The molecule has 5 heteroatoms. The Morgan fingerprint density at radius 3 is 2.57 bits per heavy atom. The highest BCUT2D eigenvalue weighted by molar-refractivity contribution is 5.67. The lowest BCUT2D eigenvalue weighted by atomic mass is 10.0. The molecule has 3 rings (SSSR count). The highest BCUT2D eigenvalue weighted by Crippen LogP contribution is 2.30. The van der Waals surface area contributed by atoms with Crippen molar-refractivity contribution in [1.82, 2.24) is 9.55 Å². The highest BCUT2D eigenvalue weighted by atomic mass is 16.3. The van der Waals surface area contributed by atoms with Crippen molar-refractivity contribution in [1.29, 1.82) is 0 Å². The fraction of sp³-hybridized carbons (Fsp3) is 0.250. The molecule has 1 unspecified atom stereocenters. The summed E-state index contributed by atoms with van der Waals surface area (Å²) in [4.78, 5) is 26.4. The summed E-state index contributed by atoms with van der Waals surface area (Å²) in [6, 6.07) is 8.75. The minimum atomic E-state index is -0.564. The van der Waals surface area contributed by atoms with Crippen molar-refractivity contribution in [2.75, 3.05) is 0 Å². The van der Waals surface area contributed by atoms with E-state index in [2.05, 4.69) is 11.1 Å². The number of aromatic amines is 1. The average molecular weight is 284 g/mol. The van der Waals surface area contributed by atoms with Crippen LogP contribution in [0.15, 0.2) is 52.1 Å². The molecule has 5 nitrogen and oxygen atoms in total. The van der Waals surface area contributed by atoms with Gasteiger partial charge in [0.15, 0.2) is 0 Å². The minimum Gasteiger partial charge on any atom is -0.494 e. The fourth-order valence-electron chi connectivity index (χ4n) is 2.75. The van der Waals surface area contributed by atoms with Gasteiger partial charge < -0.3 is 5.11 Å². The fourth-order valence-corrected chi connectivity index (χ4v) is 2.75. The number of nitrogens with zero attached hydrogens (tertiary/aromatic N) is 1. The monoisotopic (exact) mass is 284 g/mol. The van der Waals surface area contributed by atoms with E-state index < -0.39 is 11.2 Å². The molecule has 1 aromatic carbocycles. The SMILES string of the molecule is O=c1[nH]c(=O)n(C2CC=CCC2)c(O)c1-c1ccccc1. The summed E-state index contributed by atoms with van der Waals surface area (Å²) < 4.78 is 1.30. The summed E-state index contributed by atoms with van der Waals surface area (Å²) >= 11 is 0. The van der Waals surface area contributed by atoms with Gasteiger partial charge in [-0.15, -0.1) is 0 Å². The Kier molecular flexibility index (Phi) is 3.48. The van der Waals surface area contributed by atoms with E-state index in [1.807, 2.05) is 12.1 Å². The Labute approximate surface area is 121 Å². The summed E-state index contributed by atoms with van der Waals surface area (Å²) in [5.41, 5.74) is -0.384. The first-order valence-electron chi connectivity index (χ1n) is 6.96. The molecule has 0 saturated heterocycles. The number of H-pyrrole nitrogens is 1. The van der Waals surface area contributed by atoms with Crippen molar-refractivity contribution in [3.05, 3.63) is 63.3 Å². The summed E-state index contributed by atoms with van der Waals surface area (Å²) in [7, 11) is 0. The van der Waals surface area contributed by atoms with E-state index in [1.54, 1.807) is 24.3 Å². The largest absolute Gasteiger partial charge is 0.494 e. The Balaban J connectivity index is 2.21. The molecular formula is C16H16N2O3. The third kappa shape index (κ3) is 2.42. The molecule has 0 amide bonds. The molecule has 1 atom stereocenters. The van der Waals surface area contributed by atoms with E-state index in [0.717, 1.165) is 12.8 Å². The van der Waals surface area contributed by atoms with Gasteiger partial charge in [-0.3, -0.25) is 14.3 Å². The topological polar surface area (TPSA) is 75.1 Å². The van der Waals surface area contributed by atoms with Crippen LogP contribution >= 0.6 is 0 Å². The molecule has 0 spiro atoms. The van der Waals surface area contributed by atoms with Gasteiger partial charge in [0.1, 0.15) is 5.56 Å². The van der Waals surface area contributed by atoms with Gasteiger partial charge >= 0.3 is 5.69 Å². The number of benzene rings is 1. The van der Waals surface area contributed by atoms with Crippen molar-refractivity contribution < 1.29 is 5.11 Å². The Morgan fingerprint density at radius 2 is 1.90 bits per heavy atom. The third-order valence-corrected chi connectivity index (χ3v) is 3.79. The van der Waals surface area contributed by atoms with E-state index in [0.29, 0.717) is 12.0 Å². The molecule has 21 heavy (non-hydrogen) atoms. The normalized spacial score (nSPS) is 17.8. The zero-order valence-electron chi connectivity index (χ0n) is 11.5. The second-order valence-electron chi connectivity index (χ2n) is 5.13. The Hall–Kier alpha value is -2.56. The second-order valence-corrected chi connectivity index (χ2v) is 5.13. The molecule has 1 heterocycles. The third-order valence-electron chi connectivity index (χ3n) is 3.79. The maximum Gasteiger partial charge on any atom is 0.331 e. The first-order chi connectivity index (χ1) is 10.2. The maximum atomic E-state index is 12.1. The van der Waals surface area contributed by atoms with E-state index >= 15 is 0 Å². The van der Waals surface area contributed by atoms with Gasteiger partial charge in [0.05, 0.1) is 0 Å². The molecule has 1 aliphatic rings. The quantitative estimate of drug-likeness (QED) is 0.830. The van der Waals surface area contributed by atoms with Crippen molar-refractivity contribution in [2.24, 2.45) is 0 Å². The van der Waals surface area contributed by atoms with Crippen molar-refractivity contribution >= 4 is 0 Å². The Morgan fingerprint density at radius 1 is 1.14 bits per heavy atom. The maximum absolute atomic E-state index is 12.1. The van der Waals surface area contributed by atoms with E-state index in [4.69, 9.17) is 0 Å². The molecule has 0 radical (unpaired) electrons. The zero-order valence-corrected chi connectivity index (χ0v) is 11.5. The molecule has 0 aliphatic heterocycles. The minimum absolute atomic E-state index is 0.123. The van der Waals surface area contributed by atoms with E-state index in [1.165, 1.54) is 4.57 Å². The number of aromatic nitrogens is 2. The van der Waals surface area contributed by atoms with Crippen LogP contribution < -0.4 is 11.2 Å². The number of nitrogens with one attached hydrogen (secondary N) is 1. The lowest BCUT2D eigenvalue weighted by molar-refractivity contribution is 0.348. The molecular weight excluding hydrogens is 268 g/mol. The molecule has 0 bridgehead atoms. The van der Waals surface area contributed by atoms with Gasteiger partial charge in [0.25, 0.3) is 5.56 Å². The molecule has 1 aliphatic carbocycles. The van der Waals surface area contributed by atoms with Gasteiger partial charge in [0, 0.05) is 6.04 Å². The molecule has 0 fully saturated rings. The van der Waals surface area contributed by atoms with Crippen LogP contribution in [0.4, 0.5) is 0 Å². The van der Waals surface area contributed by atoms with E-state index in [9.17, 15) is 14.7 Å². The van der Waals surface area contributed by atoms with Crippen LogP contribution in [0.2, 0.25) is 0 Å². The lowest BCUT2D eigenvalue weighted by Crippen LogP contribution is -2.33. The van der Waals surface area contributed by atoms with Crippen LogP contribution in [0.1, 0.15) is 25.3 Å². The van der Waals surface area contributed by atoms with Gasteiger partial charge in [0.2, 0.25) is 5.88 Å². The van der Waals surface area contributed by atoms with Gasteiger partial charge in [-0.05, 0) is 24.8 Å². The Bertz CT molecular complexity index is 787. The smallest absolute Gasteiger partial charge is 0.331 e. The van der Waals surface area contributed by atoms with Gasteiger partial charge in [-0.25, -0.2) is 4.79 Å². The molecule has 0 saturated carbocycles.